The number of alkyl halides is 3. The first-order valence-corrected chi connectivity index (χ1v) is 10.7. The van der Waals surface area contributed by atoms with Gasteiger partial charge in [-0.25, -0.2) is 0 Å². The van der Waals surface area contributed by atoms with Crippen LogP contribution in [0, 0.1) is 13.8 Å². The van der Waals surface area contributed by atoms with E-state index >= 15 is 0 Å². The molecule has 180 valence electrons. The summed E-state index contributed by atoms with van der Waals surface area (Å²) >= 11 is 0. The van der Waals surface area contributed by atoms with Gasteiger partial charge in [-0.05, 0) is 55.8 Å². The first kappa shape index (κ1) is 24.9. The maximum absolute atomic E-state index is 13.3. The number of morpholine rings is 1. The molecule has 1 fully saturated rings. The number of halogens is 3. The number of likely N-dealkylation sites (N-methyl/N-ethyl adjacent to an activating group) is 1. The van der Waals surface area contributed by atoms with Gasteiger partial charge < -0.3 is 19.7 Å². The van der Waals surface area contributed by atoms with Gasteiger partial charge in [-0.2, -0.15) is 13.2 Å². The van der Waals surface area contributed by atoms with Crippen LogP contribution < -0.4 is 15.0 Å². The number of carbonyl (C=O) groups is 1. The highest BCUT2D eigenvalue weighted by Gasteiger charge is 2.32. The van der Waals surface area contributed by atoms with Crippen molar-refractivity contribution in [1.82, 2.24) is 4.90 Å². The molecule has 0 aliphatic carbocycles. The number of aryl methyl sites for hydroxylation is 2. The molecule has 2 aromatic carbocycles. The van der Waals surface area contributed by atoms with E-state index in [0.29, 0.717) is 38.5 Å². The van der Waals surface area contributed by atoms with Crippen molar-refractivity contribution in [2.45, 2.75) is 26.6 Å². The van der Waals surface area contributed by atoms with Crippen molar-refractivity contribution < 1.29 is 27.4 Å². The zero-order valence-corrected chi connectivity index (χ0v) is 19.4. The van der Waals surface area contributed by atoms with Crippen LogP contribution in [0.5, 0.6) is 5.75 Å². The lowest BCUT2D eigenvalue weighted by Crippen LogP contribution is -2.37. The summed E-state index contributed by atoms with van der Waals surface area (Å²) in [6.45, 7) is 6.52. The number of ether oxygens (including phenoxy) is 2. The largest absolute Gasteiger partial charge is 0.496 e. The summed E-state index contributed by atoms with van der Waals surface area (Å²) in [6.07, 6.45) is -4.50. The second kappa shape index (κ2) is 10.4. The van der Waals surface area contributed by atoms with Crippen molar-refractivity contribution in [3.63, 3.8) is 0 Å². The number of anilines is 2. The Bertz CT molecular complexity index is 966. The van der Waals surface area contributed by atoms with Gasteiger partial charge >= 0.3 is 6.18 Å². The molecule has 6 nitrogen and oxygen atoms in total. The number of amides is 1. The zero-order chi connectivity index (χ0) is 24.2. The van der Waals surface area contributed by atoms with Crippen LogP contribution in [-0.2, 0) is 22.3 Å². The van der Waals surface area contributed by atoms with E-state index in [2.05, 4.69) is 5.32 Å². The van der Waals surface area contributed by atoms with Crippen molar-refractivity contribution in [3.05, 3.63) is 52.6 Å². The number of nitrogens with one attached hydrogen (secondary N) is 1. The molecule has 3 rings (SSSR count). The molecule has 1 saturated heterocycles. The van der Waals surface area contributed by atoms with Crippen LogP contribution in [0.2, 0.25) is 0 Å². The minimum absolute atomic E-state index is 0.0307. The molecular weight excluding hydrogens is 435 g/mol. The third-order valence-corrected chi connectivity index (χ3v) is 5.54. The van der Waals surface area contributed by atoms with Gasteiger partial charge in [0, 0.05) is 19.6 Å². The molecule has 0 bridgehead atoms. The monoisotopic (exact) mass is 465 g/mol. The van der Waals surface area contributed by atoms with Crippen molar-refractivity contribution in [2.24, 2.45) is 0 Å². The molecule has 0 spiro atoms. The number of nitrogens with zero attached hydrogens (tertiary/aromatic N) is 2. The Morgan fingerprint density at radius 3 is 2.36 bits per heavy atom. The van der Waals surface area contributed by atoms with Crippen LogP contribution in [0.3, 0.4) is 0 Å². The summed E-state index contributed by atoms with van der Waals surface area (Å²) in [5.41, 5.74) is 2.94. The lowest BCUT2D eigenvalue weighted by atomic mass is 10.1. The SMILES string of the molecule is COc1c(C)cc(CN(C)CC(=O)Nc2cc(C(F)(F)F)ccc2N2CCOCC2)cc1C. The molecule has 1 heterocycles. The average Bonchev–Trinajstić information content (AvgIpc) is 2.73. The minimum Gasteiger partial charge on any atom is -0.496 e. The van der Waals surface area contributed by atoms with E-state index < -0.39 is 11.7 Å². The smallest absolute Gasteiger partial charge is 0.416 e. The third-order valence-electron chi connectivity index (χ3n) is 5.54. The minimum atomic E-state index is -4.50. The predicted octanol–water partition coefficient (Wildman–Crippen LogP) is 4.24. The van der Waals surface area contributed by atoms with Gasteiger partial charge in [0.2, 0.25) is 5.91 Å². The summed E-state index contributed by atoms with van der Waals surface area (Å²) in [5, 5.41) is 2.69. The highest BCUT2D eigenvalue weighted by molar-refractivity contribution is 5.95. The quantitative estimate of drug-likeness (QED) is 0.663. The third kappa shape index (κ3) is 6.39. The molecule has 9 heteroatoms. The summed E-state index contributed by atoms with van der Waals surface area (Å²) in [5.74, 6) is 0.452. The van der Waals surface area contributed by atoms with E-state index in [1.54, 1.807) is 14.2 Å². The van der Waals surface area contributed by atoms with Gasteiger partial charge in [0.1, 0.15) is 5.75 Å². The van der Waals surface area contributed by atoms with E-state index in [0.717, 1.165) is 34.6 Å². The Hall–Kier alpha value is -2.78. The van der Waals surface area contributed by atoms with Crippen LogP contribution in [0.4, 0.5) is 24.5 Å². The molecule has 1 amide bonds. The van der Waals surface area contributed by atoms with Gasteiger partial charge in [0.05, 0.1) is 43.8 Å². The number of benzene rings is 2. The van der Waals surface area contributed by atoms with E-state index in [1.807, 2.05) is 35.8 Å². The van der Waals surface area contributed by atoms with Crippen LogP contribution in [0.1, 0.15) is 22.3 Å². The number of methoxy groups -OCH3 is 1. The fourth-order valence-electron chi connectivity index (χ4n) is 4.15. The van der Waals surface area contributed by atoms with Gasteiger partial charge in [-0.3, -0.25) is 9.69 Å². The molecule has 0 unspecified atom stereocenters. The highest BCUT2D eigenvalue weighted by atomic mass is 19.4. The molecule has 1 N–H and O–H groups in total. The van der Waals surface area contributed by atoms with Crippen molar-refractivity contribution in [1.29, 1.82) is 0 Å². The Labute approximate surface area is 192 Å². The standard InChI is InChI=1S/C24H30F3N3O3/c1-16-11-18(12-17(2)23(16)32-4)14-29(3)15-22(31)28-20-13-19(24(25,26)27)5-6-21(20)30-7-9-33-10-8-30/h5-6,11-13H,7-10,14-15H2,1-4H3,(H,28,31). The fraction of sp³-hybridized carbons (Fsp3) is 0.458. The molecule has 0 saturated carbocycles. The second-order valence-corrected chi connectivity index (χ2v) is 8.31. The maximum atomic E-state index is 13.3. The Kier molecular flexibility index (Phi) is 7.86. The topological polar surface area (TPSA) is 54.0 Å². The summed E-state index contributed by atoms with van der Waals surface area (Å²) in [7, 11) is 3.42. The van der Waals surface area contributed by atoms with Crippen LogP contribution in [-0.4, -0.2) is 57.8 Å². The van der Waals surface area contributed by atoms with E-state index in [-0.39, 0.29) is 18.1 Å². The van der Waals surface area contributed by atoms with Gasteiger partial charge in [-0.15, -0.1) is 0 Å². The maximum Gasteiger partial charge on any atom is 0.416 e. The van der Waals surface area contributed by atoms with Crippen LogP contribution >= 0.6 is 0 Å². The first-order chi connectivity index (χ1) is 15.6. The predicted molar refractivity (Wildman–Crippen MR) is 122 cm³/mol. The zero-order valence-electron chi connectivity index (χ0n) is 19.4. The molecule has 0 atom stereocenters. The summed E-state index contributed by atoms with van der Waals surface area (Å²) in [6, 6.07) is 7.46. The molecule has 0 radical (unpaired) electrons. The second-order valence-electron chi connectivity index (χ2n) is 8.31. The van der Waals surface area contributed by atoms with Crippen LogP contribution in [0.25, 0.3) is 0 Å². The average molecular weight is 466 g/mol. The first-order valence-electron chi connectivity index (χ1n) is 10.7. The molecule has 1 aliphatic rings. The van der Waals surface area contributed by atoms with Gasteiger partial charge in [0.15, 0.2) is 0 Å². The van der Waals surface area contributed by atoms with E-state index in [9.17, 15) is 18.0 Å². The Balaban J connectivity index is 1.73. The fourth-order valence-corrected chi connectivity index (χ4v) is 4.15. The number of rotatable bonds is 7. The number of carbonyl (C=O) groups excluding carboxylic acids is 1. The lowest BCUT2D eigenvalue weighted by molar-refractivity contribution is -0.137. The van der Waals surface area contributed by atoms with Crippen molar-refractivity contribution in [3.8, 4) is 5.75 Å². The normalized spacial score (nSPS) is 14.5. The molecule has 33 heavy (non-hydrogen) atoms. The summed E-state index contributed by atoms with van der Waals surface area (Å²) in [4.78, 5) is 16.5. The van der Waals surface area contributed by atoms with Crippen molar-refractivity contribution in [2.75, 3.05) is 57.2 Å². The molecule has 1 aliphatic heterocycles. The van der Waals surface area contributed by atoms with Gasteiger partial charge in [-0.1, -0.05) is 12.1 Å². The number of hydrogen-bond acceptors (Lipinski definition) is 5. The lowest BCUT2D eigenvalue weighted by Gasteiger charge is -2.31. The molecular formula is C24H30F3N3O3. The van der Waals surface area contributed by atoms with Crippen LogP contribution in [0.15, 0.2) is 30.3 Å². The van der Waals surface area contributed by atoms with E-state index in [1.165, 1.54) is 6.07 Å². The van der Waals surface area contributed by atoms with E-state index in [4.69, 9.17) is 9.47 Å². The Morgan fingerprint density at radius 1 is 1.15 bits per heavy atom. The highest BCUT2D eigenvalue weighted by Crippen LogP contribution is 2.35. The van der Waals surface area contributed by atoms with Crippen molar-refractivity contribution >= 4 is 17.3 Å². The summed E-state index contributed by atoms with van der Waals surface area (Å²) < 4.78 is 50.6. The molecule has 2 aromatic rings. The van der Waals surface area contributed by atoms with Gasteiger partial charge in [0.25, 0.3) is 0 Å². The Morgan fingerprint density at radius 2 is 1.79 bits per heavy atom. The molecule has 0 aromatic heterocycles. The number of hydrogen-bond donors (Lipinski definition) is 1.